The first-order valence-electron chi connectivity index (χ1n) is 7.77. The molecule has 128 valence electrons. The monoisotopic (exact) mass is 342 g/mol. The number of hydrogen-bond acceptors (Lipinski definition) is 5. The Morgan fingerprint density at radius 1 is 1.39 bits per heavy atom. The molecule has 8 heteroatoms. The average Bonchev–Trinajstić information content (AvgIpc) is 2.83. The zero-order chi connectivity index (χ0) is 17.4. The number of rotatable bonds is 5. The number of nitrogens with zero attached hydrogens (tertiary/aromatic N) is 2. The number of hydrogen-bond donors (Lipinski definition) is 0. The molecular formula is C15H24BClN2O4. The van der Waals surface area contributed by atoms with Gasteiger partial charge in [-0.25, -0.2) is 0 Å². The van der Waals surface area contributed by atoms with E-state index in [1.54, 1.807) is 24.9 Å². The van der Waals surface area contributed by atoms with Gasteiger partial charge >= 0.3 is 13.1 Å². The zero-order valence-corrected chi connectivity index (χ0v) is 15.3. The maximum Gasteiger partial charge on any atom is 0.468 e. The first-order valence-corrected chi connectivity index (χ1v) is 8.15. The number of aromatic nitrogens is 2. The molecule has 0 spiro atoms. The third kappa shape index (κ3) is 3.73. The predicted molar refractivity (Wildman–Crippen MR) is 88.3 cm³/mol. The lowest BCUT2D eigenvalue weighted by molar-refractivity contribution is -0.143. The maximum atomic E-state index is 12.0. The lowest BCUT2D eigenvalue weighted by Crippen LogP contribution is -2.41. The van der Waals surface area contributed by atoms with Crippen molar-refractivity contribution in [1.29, 1.82) is 0 Å². The molecule has 1 aliphatic heterocycles. The first-order chi connectivity index (χ1) is 10.6. The fraction of sp³-hybridized carbons (Fsp3) is 0.733. The Morgan fingerprint density at radius 2 is 1.96 bits per heavy atom. The molecule has 2 heterocycles. The standard InChI is InChI=1S/C15H24BClN2O4/c1-7-21-12(20)8-10(13-11(17)9-19(6)18-13)16-22-14(2,3)15(4,5)23-16/h9-10H,7-8H2,1-6H3. The summed E-state index contributed by atoms with van der Waals surface area (Å²) in [6.07, 6.45) is 1.79. The normalized spacial score (nSPS) is 20.6. The largest absolute Gasteiger partial charge is 0.468 e. The Bertz CT molecular complexity index is 572. The first kappa shape index (κ1) is 18.3. The number of carbonyl (C=O) groups excluding carboxylic acids is 1. The summed E-state index contributed by atoms with van der Waals surface area (Å²) in [6.45, 7) is 9.96. The van der Waals surface area contributed by atoms with Gasteiger partial charge < -0.3 is 14.0 Å². The third-order valence-corrected chi connectivity index (χ3v) is 4.74. The van der Waals surface area contributed by atoms with E-state index in [1.807, 2.05) is 27.7 Å². The maximum absolute atomic E-state index is 12.0. The Kier molecular flexibility index (Phi) is 5.13. The van der Waals surface area contributed by atoms with E-state index in [-0.39, 0.29) is 12.4 Å². The molecule has 0 radical (unpaired) electrons. The van der Waals surface area contributed by atoms with Crippen LogP contribution in [0.15, 0.2) is 6.20 Å². The highest BCUT2D eigenvalue weighted by Gasteiger charge is 2.55. The van der Waals surface area contributed by atoms with Gasteiger partial charge in [0.2, 0.25) is 0 Å². The number of ether oxygens (including phenoxy) is 1. The molecule has 1 aromatic heterocycles. The van der Waals surface area contributed by atoms with E-state index >= 15 is 0 Å². The van der Waals surface area contributed by atoms with Crippen LogP contribution in [0.4, 0.5) is 0 Å². The summed E-state index contributed by atoms with van der Waals surface area (Å²) in [5.74, 6) is -0.752. The van der Waals surface area contributed by atoms with Crippen molar-refractivity contribution >= 4 is 24.7 Å². The lowest BCUT2D eigenvalue weighted by atomic mass is 9.68. The Hall–Kier alpha value is -1.05. The van der Waals surface area contributed by atoms with Gasteiger partial charge in [0, 0.05) is 13.2 Å². The summed E-state index contributed by atoms with van der Waals surface area (Å²) < 4.78 is 18.9. The van der Waals surface area contributed by atoms with E-state index < -0.39 is 24.1 Å². The van der Waals surface area contributed by atoms with Gasteiger partial charge in [-0.15, -0.1) is 0 Å². The van der Waals surface area contributed by atoms with Crippen molar-refractivity contribution in [3.63, 3.8) is 0 Å². The van der Waals surface area contributed by atoms with E-state index in [9.17, 15) is 4.79 Å². The summed E-state index contributed by atoms with van der Waals surface area (Å²) in [6, 6.07) is 0. The zero-order valence-electron chi connectivity index (χ0n) is 14.6. The molecule has 1 saturated heterocycles. The second-order valence-corrected chi connectivity index (χ2v) is 7.18. The summed E-state index contributed by atoms with van der Waals surface area (Å²) in [4.78, 5) is 12.0. The second kappa shape index (κ2) is 6.45. The highest BCUT2D eigenvalue weighted by atomic mass is 35.5. The van der Waals surface area contributed by atoms with Crippen molar-refractivity contribution in [2.24, 2.45) is 7.05 Å². The molecule has 0 amide bonds. The topological polar surface area (TPSA) is 62.6 Å². The molecule has 1 atom stereocenters. The lowest BCUT2D eigenvalue weighted by Gasteiger charge is -2.32. The minimum atomic E-state index is -0.614. The number of carbonyl (C=O) groups is 1. The molecule has 0 N–H and O–H groups in total. The number of halogens is 1. The molecule has 1 aliphatic rings. The van der Waals surface area contributed by atoms with Crippen LogP contribution in [-0.2, 0) is 25.9 Å². The van der Waals surface area contributed by atoms with Gasteiger partial charge in [-0.1, -0.05) is 11.6 Å². The highest BCUT2D eigenvalue weighted by Crippen LogP contribution is 2.42. The SMILES string of the molecule is CCOC(=O)CC(B1OC(C)(C)C(C)(C)O1)c1nn(C)cc1Cl. The third-order valence-electron chi connectivity index (χ3n) is 4.45. The Morgan fingerprint density at radius 3 is 2.39 bits per heavy atom. The van der Waals surface area contributed by atoms with E-state index in [1.165, 1.54) is 0 Å². The van der Waals surface area contributed by atoms with Gasteiger partial charge in [0.1, 0.15) is 0 Å². The molecule has 0 aliphatic carbocycles. The van der Waals surface area contributed by atoms with Crippen molar-refractivity contribution in [1.82, 2.24) is 9.78 Å². The molecule has 0 bridgehead atoms. The van der Waals surface area contributed by atoms with Crippen LogP contribution in [0.1, 0.15) is 52.6 Å². The van der Waals surface area contributed by atoms with Crippen LogP contribution >= 0.6 is 11.6 Å². The summed E-state index contributed by atoms with van der Waals surface area (Å²) in [5, 5.41) is 4.86. The summed E-state index contributed by atoms with van der Waals surface area (Å²) >= 11 is 6.27. The van der Waals surface area contributed by atoms with Crippen molar-refractivity contribution < 1.29 is 18.8 Å². The van der Waals surface area contributed by atoms with Gasteiger partial charge in [-0.2, -0.15) is 5.10 Å². The van der Waals surface area contributed by atoms with Gasteiger partial charge in [-0.3, -0.25) is 9.48 Å². The fourth-order valence-electron chi connectivity index (χ4n) is 2.50. The quantitative estimate of drug-likeness (QED) is 0.608. The van der Waals surface area contributed by atoms with E-state index in [0.717, 1.165) is 0 Å². The Labute approximate surface area is 142 Å². The summed E-state index contributed by atoms with van der Waals surface area (Å²) in [7, 11) is 1.16. The molecule has 2 rings (SSSR count). The Balaban J connectivity index is 2.31. The van der Waals surface area contributed by atoms with Crippen LogP contribution in [0, 0.1) is 0 Å². The molecular weight excluding hydrogens is 318 g/mol. The van der Waals surface area contributed by atoms with Gasteiger partial charge in [0.25, 0.3) is 0 Å². The predicted octanol–water partition coefficient (Wildman–Crippen LogP) is 2.74. The van der Waals surface area contributed by atoms with Crippen LogP contribution < -0.4 is 0 Å². The van der Waals surface area contributed by atoms with Crippen molar-refractivity contribution in [3.05, 3.63) is 16.9 Å². The molecule has 0 aromatic carbocycles. The molecule has 23 heavy (non-hydrogen) atoms. The molecule has 1 aromatic rings. The second-order valence-electron chi connectivity index (χ2n) is 6.78. The molecule has 1 fully saturated rings. The van der Waals surface area contributed by atoms with Gasteiger partial charge in [0.05, 0.1) is 40.8 Å². The van der Waals surface area contributed by atoms with Crippen LogP contribution in [0.3, 0.4) is 0 Å². The van der Waals surface area contributed by atoms with Crippen LogP contribution in [0.2, 0.25) is 5.02 Å². The van der Waals surface area contributed by atoms with E-state index in [0.29, 0.717) is 17.3 Å². The van der Waals surface area contributed by atoms with E-state index in [4.69, 9.17) is 25.6 Å². The van der Waals surface area contributed by atoms with Crippen molar-refractivity contribution in [2.75, 3.05) is 6.61 Å². The van der Waals surface area contributed by atoms with Crippen molar-refractivity contribution in [3.8, 4) is 0 Å². The number of aryl methyl sites for hydroxylation is 1. The minimum absolute atomic E-state index is 0.0986. The van der Waals surface area contributed by atoms with Gasteiger partial charge in [-0.05, 0) is 34.6 Å². The van der Waals surface area contributed by atoms with Crippen LogP contribution in [-0.4, -0.2) is 40.7 Å². The number of esters is 1. The molecule has 1 unspecified atom stereocenters. The van der Waals surface area contributed by atoms with Crippen molar-refractivity contribution in [2.45, 2.75) is 58.1 Å². The highest BCUT2D eigenvalue weighted by molar-refractivity contribution is 6.48. The van der Waals surface area contributed by atoms with E-state index in [2.05, 4.69) is 5.10 Å². The molecule has 0 saturated carbocycles. The van der Waals surface area contributed by atoms with Gasteiger partial charge in [0.15, 0.2) is 0 Å². The summed E-state index contributed by atoms with van der Waals surface area (Å²) in [5.41, 5.74) is -0.404. The minimum Gasteiger partial charge on any atom is -0.466 e. The average molecular weight is 343 g/mol. The smallest absolute Gasteiger partial charge is 0.466 e. The van der Waals surface area contributed by atoms with Crippen LogP contribution in [0.25, 0.3) is 0 Å². The molecule has 6 nitrogen and oxygen atoms in total. The van der Waals surface area contributed by atoms with Crippen LogP contribution in [0.5, 0.6) is 0 Å². The fourth-order valence-corrected chi connectivity index (χ4v) is 2.82.